The van der Waals surface area contributed by atoms with Crippen LogP contribution in [0, 0.1) is 0 Å². The van der Waals surface area contributed by atoms with Crippen molar-refractivity contribution in [3.8, 4) is 0 Å². The van der Waals surface area contributed by atoms with Gasteiger partial charge in [-0.1, -0.05) is 0 Å². The van der Waals surface area contributed by atoms with Gasteiger partial charge in [-0.2, -0.15) is 0 Å². The van der Waals surface area contributed by atoms with Crippen molar-refractivity contribution in [2.45, 2.75) is 19.3 Å². The van der Waals surface area contributed by atoms with Gasteiger partial charge >= 0.3 is 5.97 Å². The van der Waals surface area contributed by atoms with Gasteiger partial charge < -0.3 is 20.7 Å². The van der Waals surface area contributed by atoms with Crippen molar-refractivity contribution in [1.29, 1.82) is 0 Å². The second-order valence-electron chi connectivity index (χ2n) is 4.91. The second-order valence-corrected chi connectivity index (χ2v) is 4.91. The molecule has 114 valence electrons. The van der Waals surface area contributed by atoms with Crippen molar-refractivity contribution < 1.29 is 14.3 Å². The maximum Gasteiger partial charge on any atom is 0.340 e. The molecule has 1 aromatic rings. The van der Waals surface area contributed by atoms with E-state index in [0.29, 0.717) is 5.82 Å². The van der Waals surface area contributed by atoms with E-state index in [0.717, 1.165) is 25.9 Å². The molecule has 0 spiro atoms. The molecule has 3 N–H and O–H groups in total. The topological polar surface area (TPSA) is 97.5 Å². The van der Waals surface area contributed by atoms with Crippen LogP contribution < -0.4 is 11.1 Å². The Morgan fingerprint density at radius 1 is 1.38 bits per heavy atom. The minimum Gasteiger partial charge on any atom is -0.465 e. The van der Waals surface area contributed by atoms with E-state index in [1.54, 1.807) is 0 Å². The number of hydrogen-bond donors (Lipinski definition) is 2. The lowest BCUT2D eigenvalue weighted by molar-refractivity contribution is -0.130. The number of amides is 1. The highest BCUT2D eigenvalue weighted by molar-refractivity contribution is 5.97. The average molecular weight is 292 g/mol. The highest BCUT2D eigenvalue weighted by Gasteiger charge is 2.18. The third-order valence-corrected chi connectivity index (χ3v) is 3.51. The molecule has 21 heavy (non-hydrogen) atoms. The van der Waals surface area contributed by atoms with Gasteiger partial charge in [0.25, 0.3) is 0 Å². The first kappa shape index (κ1) is 15.1. The summed E-state index contributed by atoms with van der Waals surface area (Å²) >= 11 is 0. The molecule has 1 aliphatic rings. The largest absolute Gasteiger partial charge is 0.465 e. The Balaban J connectivity index is 1.99. The number of ether oxygens (including phenoxy) is 1. The molecule has 1 amide bonds. The van der Waals surface area contributed by atoms with E-state index >= 15 is 0 Å². The number of piperidine rings is 1. The zero-order valence-corrected chi connectivity index (χ0v) is 12.1. The van der Waals surface area contributed by atoms with Crippen LogP contribution in [0.2, 0.25) is 0 Å². The number of pyridine rings is 1. The summed E-state index contributed by atoms with van der Waals surface area (Å²) in [5.74, 6) is -0.192. The fraction of sp³-hybridized carbons (Fsp3) is 0.500. The molecular formula is C14H20N4O3. The lowest BCUT2D eigenvalue weighted by Gasteiger charge is -2.26. The highest BCUT2D eigenvalue weighted by atomic mass is 16.5. The first-order valence-corrected chi connectivity index (χ1v) is 6.98. The van der Waals surface area contributed by atoms with E-state index in [9.17, 15) is 9.59 Å². The van der Waals surface area contributed by atoms with Crippen molar-refractivity contribution >= 4 is 23.4 Å². The Labute approximate surface area is 123 Å². The van der Waals surface area contributed by atoms with E-state index in [2.05, 4.69) is 15.0 Å². The Bertz CT molecular complexity index is 527. The van der Waals surface area contributed by atoms with E-state index < -0.39 is 5.97 Å². The van der Waals surface area contributed by atoms with Gasteiger partial charge in [-0.25, -0.2) is 9.78 Å². The predicted octanol–water partition coefficient (Wildman–Crippen LogP) is 0.875. The maximum atomic E-state index is 12.1. The van der Waals surface area contributed by atoms with Crippen LogP contribution in [0.5, 0.6) is 0 Å². The molecule has 1 fully saturated rings. The number of methoxy groups -OCH3 is 1. The van der Waals surface area contributed by atoms with Gasteiger partial charge in [0.05, 0.1) is 24.9 Å². The summed E-state index contributed by atoms with van der Waals surface area (Å²) in [5.41, 5.74) is 6.30. The second kappa shape index (κ2) is 6.92. The Kier molecular flexibility index (Phi) is 4.97. The van der Waals surface area contributed by atoms with Crippen LogP contribution in [-0.2, 0) is 9.53 Å². The third-order valence-electron chi connectivity index (χ3n) is 3.51. The van der Waals surface area contributed by atoms with E-state index in [1.807, 2.05) is 4.90 Å². The Morgan fingerprint density at radius 2 is 2.10 bits per heavy atom. The van der Waals surface area contributed by atoms with Crippen LogP contribution in [0.15, 0.2) is 12.3 Å². The molecule has 0 aliphatic carbocycles. The standard InChI is InChI=1S/C14H20N4O3/c1-21-14(20)10-5-6-16-13(12(10)15)17-9-11(19)18-7-3-2-4-8-18/h5-6H,2-4,7-9,15H2,1H3,(H,16,17). The van der Waals surface area contributed by atoms with Gasteiger partial charge in [0.1, 0.15) is 5.82 Å². The average Bonchev–Trinajstić information content (AvgIpc) is 2.53. The SMILES string of the molecule is COC(=O)c1ccnc(NCC(=O)N2CCCCC2)c1N. The first-order chi connectivity index (χ1) is 10.1. The highest BCUT2D eigenvalue weighted by Crippen LogP contribution is 2.20. The summed E-state index contributed by atoms with van der Waals surface area (Å²) in [6.07, 6.45) is 4.72. The van der Waals surface area contributed by atoms with Gasteiger partial charge in [0.15, 0.2) is 0 Å². The normalized spacial score (nSPS) is 14.6. The Hall–Kier alpha value is -2.31. The fourth-order valence-corrected chi connectivity index (χ4v) is 2.32. The molecule has 0 bridgehead atoms. The zero-order chi connectivity index (χ0) is 15.2. The summed E-state index contributed by atoms with van der Waals surface area (Å²) in [4.78, 5) is 29.5. The number of nitrogens with two attached hydrogens (primary N) is 1. The maximum absolute atomic E-state index is 12.1. The van der Waals surface area contributed by atoms with Crippen LogP contribution in [0.3, 0.4) is 0 Å². The fourth-order valence-electron chi connectivity index (χ4n) is 2.32. The summed E-state index contributed by atoms with van der Waals surface area (Å²) in [7, 11) is 1.29. The number of rotatable bonds is 4. The quantitative estimate of drug-likeness (QED) is 0.799. The van der Waals surface area contributed by atoms with Crippen LogP contribution in [0.25, 0.3) is 0 Å². The smallest absolute Gasteiger partial charge is 0.340 e. The van der Waals surface area contributed by atoms with Crippen LogP contribution in [0.4, 0.5) is 11.5 Å². The van der Waals surface area contributed by atoms with E-state index in [1.165, 1.54) is 25.8 Å². The van der Waals surface area contributed by atoms with Crippen LogP contribution in [0.1, 0.15) is 29.6 Å². The minimum atomic E-state index is -0.527. The lowest BCUT2D eigenvalue weighted by atomic mass is 10.1. The van der Waals surface area contributed by atoms with E-state index in [4.69, 9.17) is 5.73 Å². The summed E-state index contributed by atoms with van der Waals surface area (Å²) < 4.78 is 4.64. The third kappa shape index (κ3) is 3.62. The van der Waals surface area contributed by atoms with Crippen molar-refractivity contribution in [3.05, 3.63) is 17.8 Å². The number of aromatic nitrogens is 1. The molecule has 1 saturated heterocycles. The zero-order valence-electron chi connectivity index (χ0n) is 12.1. The number of esters is 1. The number of anilines is 2. The van der Waals surface area contributed by atoms with Crippen molar-refractivity contribution in [2.75, 3.05) is 37.8 Å². The number of nitrogen functional groups attached to an aromatic ring is 1. The van der Waals surface area contributed by atoms with Gasteiger partial charge in [-0.05, 0) is 25.3 Å². The molecule has 0 saturated carbocycles. The summed E-state index contributed by atoms with van der Waals surface area (Å²) in [6.45, 7) is 1.71. The van der Waals surface area contributed by atoms with Crippen molar-refractivity contribution in [1.82, 2.24) is 9.88 Å². The summed E-state index contributed by atoms with van der Waals surface area (Å²) in [5, 5.41) is 2.89. The molecule has 0 radical (unpaired) electrons. The number of likely N-dealkylation sites (tertiary alicyclic amines) is 1. The number of carbonyl (C=O) groups is 2. The molecule has 1 aromatic heterocycles. The number of nitrogens with zero attached hydrogens (tertiary/aromatic N) is 2. The molecule has 2 heterocycles. The van der Waals surface area contributed by atoms with Crippen molar-refractivity contribution in [2.24, 2.45) is 0 Å². The summed E-state index contributed by atoms with van der Waals surface area (Å²) in [6, 6.07) is 1.48. The molecular weight excluding hydrogens is 272 g/mol. The van der Waals surface area contributed by atoms with Gasteiger partial charge in [0, 0.05) is 19.3 Å². The van der Waals surface area contributed by atoms with Gasteiger partial charge in [-0.3, -0.25) is 4.79 Å². The molecule has 0 aromatic carbocycles. The van der Waals surface area contributed by atoms with Gasteiger partial charge in [-0.15, -0.1) is 0 Å². The number of hydrogen-bond acceptors (Lipinski definition) is 6. The predicted molar refractivity (Wildman–Crippen MR) is 78.9 cm³/mol. The van der Waals surface area contributed by atoms with Gasteiger partial charge in [0.2, 0.25) is 5.91 Å². The molecule has 2 rings (SSSR count). The Morgan fingerprint density at radius 3 is 2.76 bits per heavy atom. The molecule has 0 atom stereocenters. The molecule has 0 unspecified atom stereocenters. The van der Waals surface area contributed by atoms with E-state index in [-0.39, 0.29) is 23.7 Å². The minimum absolute atomic E-state index is 0.0133. The lowest BCUT2D eigenvalue weighted by Crippen LogP contribution is -2.39. The first-order valence-electron chi connectivity index (χ1n) is 6.98. The monoisotopic (exact) mass is 292 g/mol. The number of nitrogens with one attached hydrogen (secondary N) is 1. The number of carbonyl (C=O) groups excluding carboxylic acids is 2. The molecule has 7 nitrogen and oxygen atoms in total. The van der Waals surface area contributed by atoms with Crippen LogP contribution in [-0.4, -0.2) is 48.5 Å². The molecule has 7 heteroatoms. The van der Waals surface area contributed by atoms with Crippen molar-refractivity contribution in [3.63, 3.8) is 0 Å². The van der Waals surface area contributed by atoms with Crippen LogP contribution >= 0.6 is 0 Å². The molecule has 1 aliphatic heterocycles.